The summed E-state index contributed by atoms with van der Waals surface area (Å²) in [7, 11) is -4.30. The van der Waals surface area contributed by atoms with Crippen molar-refractivity contribution < 1.29 is 23.9 Å². The van der Waals surface area contributed by atoms with Crippen LogP contribution in [0.5, 0.6) is 0 Å². The molecule has 0 atom stereocenters. The zero-order chi connectivity index (χ0) is 14.1. The van der Waals surface area contributed by atoms with Crippen LogP contribution in [0, 0.1) is 0 Å². The number of halogens is 2. The number of rotatable bonds is 5. The van der Waals surface area contributed by atoms with Crippen molar-refractivity contribution in [1.29, 1.82) is 0 Å². The van der Waals surface area contributed by atoms with Gasteiger partial charge in [-0.05, 0) is 13.8 Å². The van der Waals surface area contributed by atoms with Crippen molar-refractivity contribution in [2.45, 2.75) is 20.8 Å². The normalized spacial score (nSPS) is 10.8. The number of amides is 1. The Labute approximate surface area is 111 Å². The minimum atomic E-state index is -4.30. The first-order valence-corrected chi connectivity index (χ1v) is 7.15. The van der Waals surface area contributed by atoms with E-state index in [0.717, 1.165) is 20.1 Å². The third-order valence-electron chi connectivity index (χ3n) is 1.16. The number of hydrogen-bond acceptors (Lipinski definition) is 4. The van der Waals surface area contributed by atoms with E-state index in [1.807, 2.05) is 13.8 Å². The van der Waals surface area contributed by atoms with Crippen molar-refractivity contribution in [3.63, 3.8) is 0 Å². The maximum Gasteiger partial charge on any atom is 0.342 e. The number of carbonyl (C=O) groups excluding carboxylic acids is 1. The molecule has 0 aliphatic carbocycles. The van der Waals surface area contributed by atoms with E-state index in [9.17, 15) is 9.36 Å². The number of hydrogen-bond donors (Lipinski definition) is 2. The minimum Gasteiger partial charge on any atom is -0.382 e. The first kappa shape index (κ1) is 19.5. The van der Waals surface area contributed by atoms with Crippen LogP contribution in [0.2, 0.25) is 0 Å². The van der Waals surface area contributed by atoms with Gasteiger partial charge in [-0.1, -0.05) is 0 Å². The highest BCUT2D eigenvalue weighted by atomic mass is 35.5. The summed E-state index contributed by atoms with van der Waals surface area (Å²) < 4.78 is 16.0. The lowest BCUT2D eigenvalue weighted by molar-refractivity contribution is -0.130. The van der Waals surface area contributed by atoms with Gasteiger partial charge in [0.1, 0.15) is 6.29 Å². The molecule has 0 aliphatic rings. The minimum absolute atomic E-state index is 0.376. The number of nitrogens with zero attached hydrogens (tertiary/aromatic N) is 2. The third kappa shape index (κ3) is 14.1. The summed E-state index contributed by atoms with van der Waals surface area (Å²) in [6, 6.07) is 0. The molecule has 0 spiro atoms. The summed E-state index contributed by atoms with van der Waals surface area (Å²) in [6.45, 7) is 6.77. The number of hydrazine groups is 1. The lowest BCUT2D eigenvalue weighted by atomic mass is 10.8. The molecule has 0 aromatic heterocycles. The second kappa shape index (κ2) is 10.1. The predicted molar refractivity (Wildman–Crippen MR) is 65.1 cm³/mol. The third-order valence-corrected chi connectivity index (χ3v) is 2.73. The molecule has 0 rings (SSSR count). The van der Waals surface area contributed by atoms with Crippen LogP contribution in [0.25, 0.3) is 0 Å². The summed E-state index contributed by atoms with van der Waals surface area (Å²) in [6.07, 6.45) is -0.822. The Morgan fingerprint density at radius 3 is 1.88 bits per heavy atom. The van der Waals surface area contributed by atoms with E-state index in [-0.39, 0.29) is 0 Å². The Kier molecular flexibility index (Phi) is 11.5. The molecule has 0 radical (unpaired) electrons. The smallest absolute Gasteiger partial charge is 0.342 e. The van der Waals surface area contributed by atoms with Crippen molar-refractivity contribution in [1.82, 2.24) is 9.06 Å². The molecule has 17 heavy (non-hydrogen) atoms. The molecule has 7 nitrogen and oxygen atoms in total. The topological polar surface area (TPSA) is 90.3 Å². The van der Waals surface area contributed by atoms with Gasteiger partial charge >= 0.3 is 7.60 Å². The second-order valence-electron chi connectivity index (χ2n) is 2.70. The van der Waals surface area contributed by atoms with Crippen molar-refractivity contribution in [3.05, 3.63) is 0 Å². The predicted octanol–water partition coefficient (Wildman–Crippen LogP) is 1.54. The molecular formula is C7H17Cl2N2O5P. The Morgan fingerprint density at radius 2 is 1.71 bits per heavy atom. The van der Waals surface area contributed by atoms with E-state index in [1.165, 1.54) is 0 Å². The van der Waals surface area contributed by atoms with E-state index in [4.69, 9.17) is 38.1 Å². The lowest BCUT2D eigenvalue weighted by Crippen LogP contribution is -2.32. The van der Waals surface area contributed by atoms with Gasteiger partial charge in [-0.15, -0.1) is 4.53 Å². The molecule has 0 aromatic carbocycles. The quantitative estimate of drug-likeness (QED) is 0.455. The molecule has 0 aromatic rings. The summed E-state index contributed by atoms with van der Waals surface area (Å²) in [5.41, 5.74) is 0. The maximum absolute atomic E-state index is 10.5. The van der Waals surface area contributed by atoms with Gasteiger partial charge in [0.05, 0.1) is 0 Å². The zero-order valence-corrected chi connectivity index (χ0v) is 12.2. The van der Waals surface area contributed by atoms with Crippen LogP contribution < -0.4 is 0 Å². The average molecular weight is 311 g/mol. The standard InChI is InChI=1S/C4H10O.C3H7Cl2N2O4P/c1-3-5-4-2;1-3(8)7(5)6(4)2-12(9,10)11/h3-4H2,1-2H3;2H2,1H3,(H2,9,10,11). The van der Waals surface area contributed by atoms with Gasteiger partial charge in [-0.2, -0.15) is 4.53 Å². The van der Waals surface area contributed by atoms with E-state index >= 15 is 0 Å². The summed E-state index contributed by atoms with van der Waals surface area (Å²) in [4.78, 5) is 27.3. The molecule has 1 amide bonds. The van der Waals surface area contributed by atoms with Crippen molar-refractivity contribution in [2.75, 3.05) is 19.5 Å². The SMILES string of the molecule is CC(=O)N(Cl)N(Cl)CP(=O)(O)O.CCOCC. The van der Waals surface area contributed by atoms with Gasteiger partial charge in [0.15, 0.2) is 0 Å². The number of ether oxygens (including phenoxy) is 1. The van der Waals surface area contributed by atoms with E-state index in [2.05, 4.69) is 0 Å². The van der Waals surface area contributed by atoms with E-state index in [1.54, 1.807) is 0 Å². The highest BCUT2D eigenvalue weighted by Crippen LogP contribution is 2.36. The second-order valence-corrected chi connectivity index (χ2v) is 5.03. The summed E-state index contributed by atoms with van der Waals surface area (Å²) in [5, 5.41) is 0. The van der Waals surface area contributed by atoms with Gasteiger partial charge in [-0.25, -0.2) is 0 Å². The van der Waals surface area contributed by atoms with Crippen molar-refractivity contribution >= 4 is 37.1 Å². The summed E-state index contributed by atoms with van der Waals surface area (Å²) >= 11 is 10.4. The van der Waals surface area contributed by atoms with E-state index < -0.39 is 19.8 Å². The Bertz CT molecular complexity index is 261. The highest BCUT2D eigenvalue weighted by Gasteiger charge is 2.23. The monoisotopic (exact) mass is 310 g/mol. The molecule has 10 heteroatoms. The van der Waals surface area contributed by atoms with Crippen LogP contribution in [0.1, 0.15) is 20.8 Å². The van der Waals surface area contributed by atoms with Gasteiger partial charge in [0.2, 0.25) is 5.91 Å². The summed E-state index contributed by atoms with van der Waals surface area (Å²) in [5.74, 6) is -0.639. The van der Waals surface area contributed by atoms with E-state index in [0.29, 0.717) is 9.06 Å². The fourth-order valence-electron chi connectivity index (χ4n) is 0.564. The van der Waals surface area contributed by atoms with Gasteiger partial charge in [0.25, 0.3) is 0 Å². The van der Waals surface area contributed by atoms with Crippen LogP contribution in [0.15, 0.2) is 0 Å². The van der Waals surface area contributed by atoms with Gasteiger partial charge < -0.3 is 14.5 Å². The molecule has 0 saturated heterocycles. The van der Waals surface area contributed by atoms with Crippen molar-refractivity contribution in [3.8, 4) is 0 Å². The fraction of sp³-hybridized carbons (Fsp3) is 0.857. The zero-order valence-electron chi connectivity index (χ0n) is 9.84. The average Bonchev–Trinajstić information content (AvgIpc) is 2.16. The van der Waals surface area contributed by atoms with Gasteiger partial charge in [-0.3, -0.25) is 9.36 Å². The molecule has 0 heterocycles. The molecule has 0 bridgehead atoms. The van der Waals surface area contributed by atoms with Crippen LogP contribution in [0.4, 0.5) is 0 Å². The molecule has 2 N–H and O–H groups in total. The highest BCUT2D eigenvalue weighted by molar-refractivity contribution is 7.51. The Morgan fingerprint density at radius 1 is 1.29 bits per heavy atom. The van der Waals surface area contributed by atoms with Crippen molar-refractivity contribution in [2.24, 2.45) is 0 Å². The molecule has 0 saturated carbocycles. The fourth-order valence-corrected chi connectivity index (χ4v) is 1.65. The Hall–Kier alpha value is 0.120. The molecule has 0 unspecified atom stereocenters. The van der Waals surface area contributed by atoms with Gasteiger partial charge in [0, 0.05) is 43.7 Å². The first-order valence-electron chi connectivity index (χ1n) is 4.67. The molecule has 0 aliphatic heterocycles. The maximum atomic E-state index is 10.5. The van der Waals surface area contributed by atoms with Crippen LogP contribution in [-0.2, 0) is 14.1 Å². The number of carbonyl (C=O) groups is 1. The molecule has 0 fully saturated rings. The Balaban J connectivity index is 0. The van der Waals surface area contributed by atoms with Crippen LogP contribution >= 0.6 is 31.1 Å². The molecule has 104 valence electrons. The largest absolute Gasteiger partial charge is 0.382 e. The lowest BCUT2D eigenvalue weighted by Gasteiger charge is -2.20. The van der Waals surface area contributed by atoms with Crippen LogP contribution in [-0.4, -0.2) is 44.2 Å². The van der Waals surface area contributed by atoms with Crippen LogP contribution in [0.3, 0.4) is 0 Å². The molecular weight excluding hydrogens is 294 g/mol. The first-order chi connectivity index (χ1) is 7.65.